The molecule has 0 N–H and O–H groups in total. The maximum absolute atomic E-state index is 12.5. The molecule has 0 spiro atoms. The molecule has 27 heavy (non-hydrogen) atoms. The van der Waals surface area contributed by atoms with Gasteiger partial charge in [-0.1, -0.05) is 0 Å². The highest BCUT2D eigenvalue weighted by atomic mass is 16.7. The standard InChI is InChI=1S/C20H23BO6/c1-19(2)20(3,4)27-21(26-19)17-13-9-15(24-6)14(23-5)8-11(13)7-12-10-25-18(22)16(12)17/h7-9H,10H2,1-6H3. The zero-order valence-electron chi connectivity index (χ0n) is 16.5. The lowest BCUT2D eigenvalue weighted by Crippen LogP contribution is -2.41. The molecule has 0 amide bonds. The molecule has 2 aliphatic rings. The third kappa shape index (κ3) is 2.60. The predicted octanol–water partition coefficient (Wildman–Crippen LogP) is 2.83. The molecule has 1 fully saturated rings. The van der Waals surface area contributed by atoms with Crippen LogP contribution in [-0.2, 0) is 20.7 Å². The van der Waals surface area contributed by atoms with E-state index < -0.39 is 18.3 Å². The fourth-order valence-electron chi connectivity index (χ4n) is 3.59. The van der Waals surface area contributed by atoms with Crippen molar-refractivity contribution < 1.29 is 28.3 Å². The third-order valence-electron chi connectivity index (χ3n) is 5.82. The Bertz CT molecular complexity index is 933. The van der Waals surface area contributed by atoms with Gasteiger partial charge in [0, 0.05) is 11.0 Å². The van der Waals surface area contributed by atoms with Crippen molar-refractivity contribution in [1.29, 1.82) is 0 Å². The summed E-state index contributed by atoms with van der Waals surface area (Å²) >= 11 is 0. The summed E-state index contributed by atoms with van der Waals surface area (Å²) in [5, 5.41) is 1.73. The van der Waals surface area contributed by atoms with Crippen LogP contribution in [0.15, 0.2) is 18.2 Å². The van der Waals surface area contributed by atoms with Crippen molar-refractivity contribution in [2.45, 2.75) is 45.5 Å². The number of rotatable bonds is 3. The van der Waals surface area contributed by atoms with Crippen LogP contribution in [0.25, 0.3) is 10.8 Å². The van der Waals surface area contributed by atoms with Gasteiger partial charge in [-0.2, -0.15) is 0 Å². The number of ether oxygens (including phenoxy) is 3. The number of carbonyl (C=O) groups is 1. The molecule has 4 rings (SSSR count). The number of methoxy groups -OCH3 is 2. The normalized spacial score (nSPS) is 19.9. The van der Waals surface area contributed by atoms with Gasteiger partial charge in [-0.15, -0.1) is 0 Å². The Hall–Kier alpha value is -2.25. The average Bonchev–Trinajstić information content (AvgIpc) is 3.07. The molecule has 2 aliphatic heterocycles. The summed E-state index contributed by atoms with van der Waals surface area (Å²) in [6.45, 7) is 8.19. The highest BCUT2D eigenvalue weighted by Gasteiger charge is 2.53. The van der Waals surface area contributed by atoms with Crippen molar-refractivity contribution >= 4 is 29.3 Å². The summed E-state index contributed by atoms with van der Waals surface area (Å²) in [7, 11) is 2.50. The number of benzene rings is 2. The van der Waals surface area contributed by atoms with Crippen molar-refractivity contribution in [1.82, 2.24) is 0 Å². The number of carbonyl (C=O) groups excluding carboxylic acids is 1. The lowest BCUT2D eigenvalue weighted by atomic mass is 9.72. The molecule has 2 heterocycles. The van der Waals surface area contributed by atoms with Gasteiger partial charge in [0.05, 0.1) is 31.0 Å². The van der Waals surface area contributed by atoms with Gasteiger partial charge in [-0.3, -0.25) is 0 Å². The fraction of sp³-hybridized carbons (Fsp3) is 0.450. The second-order valence-electron chi connectivity index (χ2n) is 7.92. The van der Waals surface area contributed by atoms with Crippen LogP contribution in [0, 0.1) is 0 Å². The second-order valence-corrected chi connectivity index (χ2v) is 7.92. The van der Waals surface area contributed by atoms with Crippen molar-refractivity contribution in [3.63, 3.8) is 0 Å². The van der Waals surface area contributed by atoms with E-state index in [9.17, 15) is 4.79 Å². The van der Waals surface area contributed by atoms with Crippen LogP contribution in [-0.4, -0.2) is 38.5 Å². The Morgan fingerprint density at radius 1 is 0.963 bits per heavy atom. The number of hydrogen-bond acceptors (Lipinski definition) is 6. The SMILES string of the molecule is COc1cc2cc3c(c(B4OC(C)(C)C(C)(C)O4)c2cc1OC)C(=O)OC3. The lowest BCUT2D eigenvalue weighted by molar-refractivity contribution is 0.00578. The van der Waals surface area contributed by atoms with E-state index >= 15 is 0 Å². The summed E-state index contributed by atoms with van der Waals surface area (Å²) in [5.41, 5.74) is 0.986. The van der Waals surface area contributed by atoms with Crippen molar-refractivity contribution in [2.24, 2.45) is 0 Å². The second kappa shape index (κ2) is 5.88. The Labute approximate surface area is 158 Å². The lowest BCUT2D eigenvalue weighted by Gasteiger charge is -2.32. The minimum Gasteiger partial charge on any atom is -0.493 e. The number of fused-ring (bicyclic) bond motifs is 2. The largest absolute Gasteiger partial charge is 0.496 e. The van der Waals surface area contributed by atoms with E-state index in [0.717, 1.165) is 16.3 Å². The zero-order valence-corrected chi connectivity index (χ0v) is 16.5. The van der Waals surface area contributed by atoms with Gasteiger partial charge in [0.15, 0.2) is 11.5 Å². The molecule has 0 radical (unpaired) electrons. The first kappa shape index (κ1) is 18.1. The summed E-state index contributed by atoms with van der Waals surface area (Å²) < 4.78 is 28.7. The molecule has 142 valence electrons. The molecule has 7 heteroatoms. The van der Waals surface area contributed by atoms with Crippen molar-refractivity contribution in [3.8, 4) is 11.5 Å². The smallest absolute Gasteiger partial charge is 0.493 e. The minimum absolute atomic E-state index is 0.241. The van der Waals surface area contributed by atoms with Crippen molar-refractivity contribution in [2.75, 3.05) is 14.2 Å². The van der Waals surface area contributed by atoms with Gasteiger partial charge < -0.3 is 23.5 Å². The van der Waals surface area contributed by atoms with E-state index in [1.165, 1.54) is 0 Å². The van der Waals surface area contributed by atoms with Crippen LogP contribution < -0.4 is 14.9 Å². The number of cyclic esters (lactones) is 1. The van der Waals surface area contributed by atoms with E-state index in [0.29, 0.717) is 22.5 Å². The van der Waals surface area contributed by atoms with Crippen LogP contribution in [0.2, 0.25) is 0 Å². The molecular formula is C20H23BO6. The maximum atomic E-state index is 12.5. The first-order valence-electron chi connectivity index (χ1n) is 8.93. The van der Waals surface area contributed by atoms with Crippen LogP contribution in [0.5, 0.6) is 11.5 Å². The summed E-state index contributed by atoms with van der Waals surface area (Å²) in [4.78, 5) is 12.5. The van der Waals surface area contributed by atoms with Gasteiger partial charge in [0.25, 0.3) is 0 Å². The van der Waals surface area contributed by atoms with Crippen LogP contribution in [0.4, 0.5) is 0 Å². The molecule has 0 saturated carbocycles. The maximum Gasteiger partial charge on any atom is 0.496 e. The Morgan fingerprint density at radius 2 is 1.56 bits per heavy atom. The molecule has 0 aromatic heterocycles. The molecular weight excluding hydrogens is 347 g/mol. The molecule has 6 nitrogen and oxygen atoms in total. The summed E-state index contributed by atoms with van der Waals surface area (Å²) in [6, 6.07) is 5.71. The minimum atomic E-state index is -0.684. The van der Waals surface area contributed by atoms with E-state index in [1.807, 2.05) is 45.9 Å². The molecule has 0 atom stereocenters. The third-order valence-corrected chi connectivity index (χ3v) is 5.82. The first-order valence-corrected chi connectivity index (χ1v) is 8.93. The topological polar surface area (TPSA) is 63.2 Å². The van der Waals surface area contributed by atoms with Crippen LogP contribution in [0.1, 0.15) is 43.6 Å². The Morgan fingerprint density at radius 3 is 2.15 bits per heavy atom. The molecule has 0 aliphatic carbocycles. The van der Waals surface area contributed by atoms with Crippen LogP contribution in [0.3, 0.4) is 0 Å². The highest BCUT2D eigenvalue weighted by molar-refractivity contribution is 6.67. The van der Waals surface area contributed by atoms with E-state index in [-0.39, 0.29) is 12.6 Å². The molecule has 1 saturated heterocycles. The fourth-order valence-corrected chi connectivity index (χ4v) is 3.59. The summed E-state index contributed by atoms with van der Waals surface area (Å²) in [5.74, 6) is 0.843. The van der Waals surface area contributed by atoms with Gasteiger partial charge in [-0.25, -0.2) is 4.79 Å². The first-order chi connectivity index (χ1) is 12.7. The van der Waals surface area contributed by atoms with Gasteiger partial charge in [-0.05, 0) is 56.7 Å². The molecule has 0 bridgehead atoms. The van der Waals surface area contributed by atoms with E-state index in [4.69, 9.17) is 23.5 Å². The van der Waals surface area contributed by atoms with E-state index in [2.05, 4.69) is 0 Å². The van der Waals surface area contributed by atoms with Gasteiger partial charge in [0.1, 0.15) is 6.61 Å². The van der Waals surface area contributed by atoms with Crippen molar-refractivity contribution in [3.05, 3.63) is 29.3 Å². The summed E-state index contributed by atoms with van der Waals surface area (Å²) in [6.07, 6.45) is 0. The molecule has 2 aromatic rings. The average molecular weight is 370 g/mol. The number of esters is 1. The van der Waals surface area contributed by atoms with Gasteiger partial charge >= 0.3 is 13.1 Å². The van der Waals surface area contributed by atoms with E-state index in [1.54, 1.807) is 14.2 Å². The zero-order chi connectivity index (χ0) is 19.6. The van der Waals surface area contributed by atoms with Crippen LogP contribution >= 0.6 is 0 Å². The quantitative estimate of drug-likeness (QED) is 0.612. The molecule has 0 unspecified atom stereocenters. The highest BCUT2D eigenvalue weighted by Crippen LogP contribution is 2.40. The Balaban J connectivity index is 2.00. The molecule has 2 aromatic carbocycles. The monoisotopic (exact) mass is 370 g/mol. The number of hydrogen-bond donors (Lipinski definition) is 0. The van der Waals surface area contributed by atoms with Gasteiger partial charge in [0.2, 0.25) is 0 Å². The Kier molecular flexibility index (Phi) is 3.95. The predicted molar refractivity (Wildman–Crippen MR) is 102 cm³/mol.